The Labute approximate surface area is 148 Å². The van der Waals surface area contributed by atoms with E-state index < -0.39 is 6.04 Å². The standard InChI is InChI=1S/C19H26N4O2/c1-6-12-23(19(25)17-13(2)21-22(5)14(17)3)15(4)18(24)20-16-10-8-7-9-11-16/h7-11,15H,6,12H2,1-5H3,(H,20,24)/t15-/m1/s1. The summed E-state index contributed by atoms with van der Waals surface area (Å²) in [5.74, 6) is -0.354. The van der Waals surface area contributed by atoms with Gasteiger partial charge in [-0.3, -0.25) is 14.3 Å². The second-order valence-corrected chi connectivity index (χ2v) is 6.20. The van der Waals surface area contributed by atoms with E-state index >= 15 is 0 Å². The van der Waals surface area contributed by atoms with Crippen LogP contribution in [0.3, 0.4) is 0 Å². The summed E-state index contributed by atoms with van der Waals surface area (Å²) in [4.78, 5) is 27.3. The van der Waals surface area contributed by atoms with Crippen LogP contribution in [0.25, 0.3) is 0 Å². The Morgan fingerprint density at radius 3 is 2.40 bits per heavy atom. The largest absolute Gasteiger partial charge is 0.327 e. The lowest BCUT2D eigenvalue weighted by atomic mass is 10.1. The minimum atomic E-state index is -0.577. The second kappa shape index (κ2) is 7.96. The highest BCUT2D eigenvalue weighted by atomic mass is 16.2. The summed E-state index contributed by atoms with van der Waals surface area (Å²) in [5.41, 5.74) is 2.79. The minimum absolute atomic E-state index is 0.152. The third-order valence-electron chi connectivity index (χ3n) is 4.34. The third kappa shape index (κ3) is 4.07. The van der Waals surface area contributed by atoms with Crippen molar-refractivity contribution < 1.29 is 9.59 Å². The van der Waals surface area contributed by atoms with E-state index in [1.807, 2.05) is 58.2 Å². The zero-order valence-corrected chi connectivity index (χ0v) is 15.5. The molecule has 1 aromatic heterocycles. The van der Waals surface area contributed by atoms with Crippen molar-refractivity contribution in [3.8, 4) is 0 Å². The maximum Gasteiger partial charge on any atom is 0.258 e. The number of hydrogen-bond donors (Lipinski definition) is 1. The minimum Gasteiger partial charge on any atom is -0.327 e. The van der Waals surface area contributed by atoms with Crippen molar-refractivity contribution in [1.82, 2.24) is 14.7 Å². The second-order valence-electron chi connectivity index (χ2n) is 6.20. The van der Waals surface area contributed by atoms with Gasteiger partial charge in [0.1, 0.15) is 6.04 Å². The van der Waals surface area contributed by atoms with E-state index in [1.54, 1.807) is 16.5 Å². The molecule has 6 heteroatoms. The number of carbonyl (C=O) groups is 2. The molecule has 1 atom stereocenters. The Kier molecular flexibility index (Phi) is 5.96. The zero-order valence-electron chi connectivity index (χ0n) is 15.5. The molecule has 0 fully saturated rings. The quantitative estimate of drug-likeness (QED) is 0.878. The van der Waals surface area contributed by atoms with Crippen molar-refractivity contribution in [2.45, 2.75) is 40.2 Å². The molecule has 2 amide bonds. The van der Waals surface area contributed by atoms with Crippen LogP contribution in [-0.2, 0) is 11.8 Å². The number of hydrogen-bond acceptors (Lipinski definition) is 3. The van der Waals surface area contributed by atoms with Gasteiger partial charge in [0.2, 0.25) is 5.91 Å². The molecular weight excluding hydrogens is 316 g/mol. The number of anilines is 1. The van der Waals surface area contributed by atoms with Gasteiger partial charge in [0.05, 0.1) is 11.3 Å². The number of aryl methyl sites for hydroxylation is 2. The number of carbonyl (C=O) groups excluding carboxylic acids is 2. The number of amides is 2. The molecule has 0 spiro atoms. The third-order valence-corrected chi connectivity index (χ3v) is 4.34. The zero-order chi connectivity index (χ0) is 18.6. The highest BCUT2D eigenvalue weighted by molar-refractivity contribution is 6.02. The van der Waals surface area contributed by atoms with Gasteiger partial charge in [0.25, 0.3) is 5.91 Å². The number of nitrogens with zero attached hydrogens (tertiary/aromatic N) is 3. The number of para-hydroxylation sites is 1. The highest BCUT2D eigenvalue weighted by Gasteiger charge is 2.29. The average Bonchev–Trinajstić information content (AvgIpc) is 2.84. The number of rotatable bonds is 6. The molecule has 0 saturated carbocycles. The molecular formula is C19H26N4O2. The van der Waals surface area contributed by atoms with Crippen molar-refractivity contribution in [2.75, 3.05) is 11.9 Å². The van der Waals surface area contributed by atoms with Crippen LogP contribution in [0.4, 0.5) is 5.69 Å². The lowest BCUT2D eigenvalue weighted by molar-refractivity contribution is -0.120. The molecule has 2 aromatic rings. The summed E-state index contributed by atoms with van der Waals surface area (Å²) in [6.07, 6.45) is 0.771. The fourth-order valence-corrected chi connectivity index (χ4v) is 2.85. The first-order valence-electron chi connectivity index (χ1n) is 8.53. The molecule has 134 valence electrons. The van der Waals surface area contributed by atoms with Crippen LogP contribution in [0.15, 0.2) is 30.3 Å². The first-order valence-corrected chi connectivity index (χ1v) is 8.53. The summed E-state index contributed by atoms with van der Waals surface area (Å²) in [7, 11) is 1.81. The van der Waals surface area contributed by atoms with Gasteiger partial charge in [0.15, 0.2) is 0 Å². The molecule has 0 radical (unpaired) electrons. The van der Waals surface area contributed by atoms with E-state index in [0.717, 1.165) is 17.8 Å². The summed E-state index contributed by atoms with van der Waals surface area (Å²) in [5, 5.41) is 7.18. The Morgan fingerprint density at radius 2 is 1.88 bits per heavy atom. The van der Waals surface area contributed by atoms with Crippen molar-refractivity contribution in [2.24, 2.45) is 7.05 Å². The van der Waals surface area contributed by atoms with Crippen LogP contribution >= 0.6 is 0 Å². The van der Waals surface area contributed by atoms with Crippen molar-refractivity contribution in [3.63, 3.8) is 0 Å². The number of nitrogens with one attached hydrogen (secondary N) is 1. The first kappa shape index (κ1) is 18.7. The Hall–Kier alpha value is -2.63. The van der Waals surface area contributed by atoms with Crippen molar-refractivity contribution in [1.29, 1.82) is 0 Å². The first-order chi connectivity index (χ1) is 11.9. The SMILES string of the molecule is CCCN(C(=O)c1c(C)nn(C)c1C)[C@H](C)C(=O)Nc1ccccc1. The molecule has 0 aliphatic carbocycles. The lowest BCUT2D eigenvalue weighted by Crippen LogP contribution is -2.46. The van der Waals surface area contributed by atoms with E-state index in [4.69, 9.17) is 0 Å². The molecule has 1 aromatic carbocycles. The van der Waals surface area contributed by atoms with Crippen molar-refractivity contribution in [3.05, 3.63) is 47.3 Å². The van der Waals surface area contributed by atoms with Crippen LogP contribution < -0.4 is 5.32 Å². The number of benzene rings is 1. The summed E-state index contributed by atoms with van der Waals surface area (Å²) < 4.78 is 1.70. The highest BCUT2D eigenvalue weighted by Crippen LogP contribution is 2.18. The van der Waals surface area contributed by atoms with Crippen LogP contribution in [0.2, 0.25) is 0 Å². The smallest absolute Gasteiger partial charge is 0.258 e. The predicted octanol–water partition coefficient (Wildman–Crippen LogP) is 2.92. The van der Waals surface area contributed by atoms with E-state index in [1.165, 1.54) is 0 Å². The molecule has 2 rings (SSSR count). The Bertz CT molecular complexity index is 752. The Balaban J connectivity index is 2.24. The molecule has 1 heterocycles. The summed E-state index contributed by atoms with van der Waals surface area (Å²) in [6.45, 7) is 7.94. The molecule has 6 nitrogen and oxygen atoms in total. The molecule has 0 saturated heterocycles. The molecule has 25 heavy (non-hydrogen) atoms. The van der Waals surface area contributed by atoms with Gasteiger partial charge < -0.3 is 10.2 Å². The van der Waals surface area contributed by atoms with E-state index in [9.17, 15) is 9.59 Å². The topological polar surface area (TPSA) is 67.2 Å². The van der Waals surface area contributed by atoms with Crippen LogP contribution in [0.1, 0.15) is 42.0 Å². The van der Waals surface area contributed by atoms with Crippen LogP contribution in [0, 0.1) is 13.8 Å². The molecule has 0 unspecified atom stereocenters. The fraction of sp³-hybridized carbons (Fsp3) is 0.421. The van der Waals surface area contributed by atoms with Gasteiger partial charge in [-0.2, -0.15) is 5.10 Å². The van der Waals surface area contributed by atoms with Gasteiger partial charge >= 0.3 is 0 Å². The average molecular weight is 342 g/mol. The monoisotopic (exact) mass is 342 g/mol. The number of aromatic nitrogens is 2. The van der Waals surface area contributed by atoms with Gasteiger partial charge in [-0.15, -0.1) is 0 Å². The lowest BCUT2D eigenvalue weighted by Gasteiger charge is -2.28. The maximum absolute atomic E-state index is 13.1. The summed E-state index contributed by atoms with van der Waals surface area (Å²) in [6, 6.07) is 8.68. The normalized spacial score (nSPS) is 11.9. The van der Waals surface area contributed by atoms with Crippen LogP contribution in [-0.4, -0.2) is 39.1 Å². The van der Waals surface area contributed by atoms with Gasteiger partial charge in [-0.05, 0) is 39.3 Å². The summed E-state index contributed by atoms with van der Waals surface area (Å²) >= 11 is 0. The van der Waals surface area contributed by atoms with E-state index in [2.05, 4.69) is 10.4 Å². The molecule has 0 aliphatic rings. The van der Waals surface area contributed by atoms with Gasteiger partial charge in [0, 0.05) is 25.0 Å². The van der Waals surface area contributed by atoms with E-state index in [0.29, 0.717) is 17.8 Å². The van der Waals surface area contributed by atoms with Gasteiger partial charge in [-0.1, -0.05) is 25.1 Å². The molecule has 1 N–H and O–H groups in total. The Morgan fingerprint density at radius 1 is 1.24 bits per heavy atom. The maximum atomic E-state index is 13.1. The van der Waals surface area contributed by atoms with Gasteiger partial charge in [-0.25, -0.2) is 0 Å². The molecule has 0 aliphatic heterocycles. The van der Waals surface area contributed by atoms with Crippen molar-refractivity contribution >= 4 is 17.5 Å². The molecule has 0 bridgehead atoms. The van der Waals surface area contributed by atoms with Crippen LogP contribution in [0.5, 0.6) is 0 Å². The van der Waals surface area contributed by atoms with E-state index in [-0.39, 0.29) is 11.8 Å². The predicted molar refractivity (Wildman–Crippen MR) is 98.5 cm³/mol. The fourth-order valence-electron chi connectivity index (χ4n) is 2.85.